The van der Waals surface area contributed by atoms with Crippen molar-refractivity contribution in [3.63, 3.8) is 0 Å². The first-order chi connectivity index (χ1) is 19.9. The van der Waals surface area contributed by atoms with Crippen LogP contribution in [-0.2, 0) is 18.3 Å². The van der Waals surface area contributed by atoms with Crippen LogP contribution in [0.2, 0.25) is 0 Å². The van der Waals surface area contributed by atoms with Crippen molar-refractivity contribution < 1.29 is 13.9 Å². The third-order valence-corrected chi connectivity index (χ3v) is 9.06. The molecule has 2 atom stereocenters. The van der Waals surface area contributed by atoms with Crippen LogP contribution in [0.25, 0.3) is 10.8 Å². The van der Waals surface area contributed by atoms with Crippen LogP contribution in [0.3, 0.4) is 0 Å². The molecule has 2 aliphatic carbocycles. The third-order valence-electron chi connectivity index (χ3n) is 9.06. The molecule has 210 valence electrons. The molecule has 0 N–H and O–H groups in total. The Morgan fingerprint density at radius 3 is 2.71 bits per heavy atom. The number of rotatable bonds is 7. The molecule has 2 aliphatic heterocycles. The van der Waals surface area contributed by atoms with Crippen LogP contribution in [0.1, 0.15) is 77.4 Å². The molecule has 8 rings (SSSR count). The van der Waals surface area contributed by atoms with Gasteiger partial charge in [-0.2, -0.15) is 0 Å². The SMILES string of the molecule is C[C@@H]1CN(Cc2cc3c4c(ccc(F)c4c2)N(c2cc(C(c4nncn4C)C4CC4)cc(C4CC4)n2)C3=O)CCO1. The molecule has 2 saturated carbocycles. The Balaban J connectivity index is 1.22. The van der Waals surface area contributed by atoms with Gasteiger partial charge in [0.25, 0.3) is 5.91 Å². The van der Waals surface area contributed by atoms with Crippen LogP contribution in [0.15, 0.2) is 42.7 Å². The number of ether oxygens (including phenoxy) is 1. The van der Waals surface area contributed by atoms with E-state index in [0.29, 0.717) is 52.8 Å². The Kier molecular flexibility index (Phi) is 5.76. The van der Waals surface area contributed by atoms with E-state index in [4.69, 9.17) is 9.72 Å². The van der Waals surface area contributed by atoms with Gasteiger partial charge in [0.05, 0.1) is 24.0 Å². The van der Waals surface area contributed by atoms with Crippen molar-refractivity contribution in [3.05, 3.63) is 76.8 Å². The second-order valence-electron chi connectivity index (χ2n) is 12.3. The molecule has 0 bridgehead atoms. The third kappa shape index (κ3) is 4.33. The van der Waals surface area contributed by atoms with Gasteiger partial charge in [0.1, 0.15) is 23.8 Å². The Hall–Kier alpha value is -3.69. The molecule has 8 nitrogen and oxygen atoms in total. The molecule has 1 unspecified atom stereocenters. The van der Waals surface area contributed by atoms with E-state index in [1.165, 1.54) is 6.07 Å². The summed E-state index contributed by atoms with van der Waals surface area (Å²) in [5.41, 5.74) is 4.32. The standard InChI is InChI=1S/C32H33FN6O2/c1-18-15-38(9-10-41-18)16-19-11-23-25(33)7-8-27-30(23)24(12-19)32(40)39(27)28-14-22(13-26(35-28)20-3-4-20)29(21-5-6-21)31-36-34-17-37(31)2/h7-8,11-14,17-18,20-21,29H,3-6,9-10,15-16H2,1-2H3/t18-,29?/m1/s1. The average Bonchev–Trinajstić information content (AvgIpc) is 3.89. The molecule has 1 amide bonds. The molecule has 0 spiro atoms. The van der Waals surface area contributed by atoms with Crippen molar-refractivity contribution in [1.29, 1.82) is 0 Å². The first kappa shape index (κ1) is 25.1. The van der Waals surface area contributed by atoms with Crippen LogP contribution < -0.4 is 4.90 Å². The highest BCUT2D eigenvalue weighted by atomic mass is 19.1. The van der Waals surface area contributed by atoms with Crippen LogP contribution in [0, 0.1) is 11.7 Å². The zero-order valence-corrected chi connectivity index (χ0v) is 23.4. The Bertz CT molecular complexity index is 1690. The molecule has 4 aliphatic rings. The molecular weight excluding hydrogens is 519 g/mol. The molecule has 0 radical (unpaired) electrons. The first-order valence-electron chi connectivity index (χ1n) is 14.7. The topological polar surface area (TPSA) is 76.4 Å². The van der Waals surface area contributed by atoms with E-state index < -0.39 is 0 Å². The maximum atomic E-state index is 15.3. The summed E-state index contributed by atoms with van der Waals surface area (Å²) in [6, 6.07) is 11.3. The van der Waals surface area contributed by atoms with Crippen molar-refractivity contribution >= 4 is 28.2 Å². The van der Waals surface area contributed by atoms with E-state index in [1.807, 2.05) is 23.7 Å². The van der Waals surface area contributed by atoms with Crippen molar-refractivity contribution in [2.24, 2.45) is 13.0 Å². The van der Waals surface area contributed by atoms with Crippen LogP contribution in [-0.4, -0.2) is 56.4 Å². The lowest BCUT2D eigenvalue weighted by atomic mass is 9.92. The first-order valence-corrected chi connectivity index (χ1v) is 14.7. The summed E-state index contributed by atoms with van der Waals surface area (Å²) in [7, 11) is 1.99. The van der Waals surface area contributed by atoms with E-state index in [2.05, 4.69) is 34.2 Å². The molecule has 3 fully saturated rings. The van der Waals surface area contributed by atoms with E-state index in [9.17, 15) is 4.79 Å². The number of carbonyl (C=O) groups is 1. The minimum atomic E-state index is -0.312. The van der Waals surface area contributed by atoms with E-state index >= 15 is 4.39 Å². The molecule has 1 saturated heterocycles. The lowest BCUT2D eigenvalue weighted by Crippen LogP contribution is -2.40. The summed E-state index contributed by atoms with van der Waals surface area (Å²) >= 11 is 0. The van der Waals surface area contributed by atoms with Gasteiger partial charge < -0.3 is 9.30 Å². The fourth-order valence-electron chi connectivity index (χ4n) is 6.76. The number of carbonyl (C=O) groups excluding carboxylic acids is 1. The van der Waals surface area contributed by atoms with Gasteiger partial charge in [-0.1, -0.05) is 0 Å². The molecule has 4 aromatic rings. The predicted molar refractivity (Wildman–Crippen MR) is 153 cm³/mol. The molecule has 9 heteroatoms. The highest BCUT2D eigenvalue weighted by molar-refractivity contribution is 6.27. The fourth-order valence-corrected chi connectivity index (χ4v) is 6.76. The van der Waals surface area contributed by atoms with E-state index in [1.54, 1.807) is 17.3 Å². The number of benzene rings is 2. The van der Waals surface area contributed by atoms with Gasteiger partial charge in [-0.25, -0.2) is 9.37 Å². The van der Waals surface area contributed by atoms with E-state index in [-0.39, 0.29) is 23.7 Å². The quantitative estimate of drug-likeness (QED) is 0.304. The van der Waals surface area contributed by atoms with Crippen LogP contribution in [0.4, 0.5) is 15.9 Å². The Labute approximate surface area is 238 Å². The molecule has 41 heavy (non-hydrogen) atoms. The van der Waals surface area contributed by atoms with Crippen LogP contribution in [0.5, 0.6) is 0 Å². The minimum absolute atomic E-state index is 0.0950. The molecular formula is C32H33FN6O2. The summed E-state index contributed by atoms with van der Waals surface area (Å²) in [6.07, 6.45) is 6.40. The van der Waals surface area contributed by atoms with Gasteiger partial charge in [0, 0.05) is 55.0 Å². The maximum absolute atomic E-state index is 15.3. The second-order valence-corrected chi connectivity index (χ2v) is 12.3. The lowest BCUT2D eigenvalue weighted by molar-refractivity contribution is -0.0212. The normalized spacial score (nSPS) is 21.7. The number of pyridine rings is 1. The number of aromatic nitrogens is 4. The number of aryl methyl sites for hydroxylation is 1. The second kappa shape index (κ2) is 9.42. The summed E-state index contributed by atoms with van der Waals surface area (Å²) in [6.45, 7) is 5.01. The summed E-state index contributed by atoms with van der Waals surface area (Å²) in [5, 5.41) is 9.80. The van der Waals surface area contributed by atoms with Crippen molar-refractivity contribution in [2.75, 3.05) is 24.6 Å². The molecule has 2 aromatic heterocycles. The number of hydrogen-bond acceptors (Lipinski definition) is 6. The number of nitrogens with zero attached hydrogens (tertiary/aromatic N) is 6. The number of hydrogen-bond donors (Lipinski definition) is 0. The lowest BCUT2D eigenvalue weighted by Gasteiger charge is -2.31. The number of anilines is 2. The number of halogens is 1. The largest absolute Gasteiger partial charge is 0.376 e. The summed E-state index contributed by atoms with van der Waals surface area (Å²) in [4.78, 5) is 23.3. The van der Waals surface area contributed by atoms with Gasteiger partial charge in [-0.05, 0) is 86.1 Å². The van der Waals surface area contributed by atoms with Crippen molar-refractivity contribution in [3.8, 4) is 0 Å². The van der Waals surface area contributed by atoms with Gasteiger partial charge in [-0.3, -0.25) is 14.6 Å². The van der Waals surface area contributed by atoms with Gasteiger partial charge >= 0.3 is 0 Å². The molecule has 4 heterocycles. The van der Waals surface area contributed by atoms with Crippen molar-refractivity contribution in [2.45, 2.75) is 57.1 Å². The maximum Gasteiger partial charge on any atom is 0.264 e. The van der Waals surface area contributed by atoms with Gasteiger partial charge in [0.2, 0.25) is 0 Å². The number of morpholine rings is 1. The zero-order chi connectivity index (χ0) is 27.8. The van der Waals surface area contributed by atoms with E-state index in [0.717, 1.165) is 61.4 Å². The Morgan fingerprint density at radius 1 is 1.12 bits per heavy atom. The van der Waals surface area contributed by atoms with Gasteiger partial charge in [-0.15, -0.1) is 10.2 Å². The summed E-state index contributed by atoms with van der Waals surface area (Å²) in [5.74, 6) is 2.08. The van der Waals surface area contributed by atoms with Gasteiger partial charge in [0.15, 0.2) is 0 Å². The smallest absolute Gasteiger partial charge is 0.264 e. The predicted octanol–water partition coefficient (Wildman–Crippen LogP) is 5.43. The summed E-state index contributed by atoms with van der Waals surface area (Å²) < 4.78 is 23.0. The monoisotopic (exact) mass is 552 g/mol. The molecule has 2 aromatic carbocycles. The highest BCUT2D eigenvalue weighted by Crippen LogP contribution is 2.49. The zero-order valence-electron chi connectivity index (χ0n) is 23.4. The fraction of sp³-hybridized carbons (Fsp3) is 0.438. The average molecular weight is 553 g/mol. The van der Waals surface area contributed by atoms with Crippen LogP contribution >= 0.6 is 0 Å². The minimum Gasteiger partial charge on any atom is -0.376 e. The number of amides is 1. The Morgan fingerprint density at radius 2 is 1.98 bits per heavy atom. The van der Waals surface area contributed by atoms with Crippen molar-refractivity contribution in [1.82, 2.24) is 24.6 Å². The highest BCUT2D eigenvalue weighted by Gasteiger charge is 2.39.